The monoisotopic (exact) mass is 286 g/mol. The highest BCUT2D eigenvalue weighted by molar-refractivity contribution is 5.21. The van der Waals surface area contributed by atoms with E-state index in [4.69, 9.17) is 0 Å². The van der Waals surface area contributed by atoms with E-state index in [0.29, 0.717) is 17.4 Å². The minimum Gasteiger partial charge on any atom is -0.312 e. The molecule has 1 aliphatic carbocycles. The van der Waals surface area contributed by atoms with Gasteiger partial charge in [-0.3, -0.25) is 4.90 Å². The van der Waals surface area contributed by atoms with Gasteiger partial charge in [0.05, 0.1) is 0 Å². The number of nitrogens with zero attached hydrogens (tertiary/aromatic N) is 1. The summed E-state index contributed by atoms with van der Waals surface area (Å²) in [5.41, 5.74) is 1.88. The Morgan fingerprint density at radius 3 is 2.43 bits per heavy atom. The molecule has 0 amide bonds. The standard InChI is InChI=1S/C19H30N2/c1-19(2,3)14-20-17-11-16(15-7-5-4-6-8-15)12-21(13-17)18-9-10-18/h4-8,16-18,20H,9-14H2,1-3H3. The van der Waals surface area contributed by atoms with Crippen molar-refractivity contribution in [3.05, 3.63) is 35.9 Å². The van der Waals surface area contributed by atoms with Gasteiger partial charge in [0.1, 0.15) is 0 Å². The molecule has 1 saturated carbocycles. The van der Waals surface area contributed by atoms with Gasteiger partial charge in [0.15, 0.2) is 0 Å². The van der Waals surface area contributed by atoms with Crippen LogP contribution in [-0.4, -0.2) is 36.6 Å². The first-order chi connectivity index (χ1) is 10.0. The van der Waals surface area contributed by atoms with Gasteiger partial charge >= 0.3 is 0 Å². The first-order valence-corrected chi connectivity index (χ1v) is 8.54. The molecule has 1 N–H and O–H groups in total. The number of nitrogens with one attached hydrogen (secondary N) is 1. The van der Waals surface area contributed by atoms with E-state index < -0.39 is 0 Å². The fourth-order valence-electron chi connectivity index (χ4n) is 3.44. The van der Waals surface area contributed by atoms with Crippen molar-refractivity contribution in [3.8, 4) is 0 Å². The molecule has 2 nitrogen and oxygen atoms in total. The molecule has 1 aromatic rings. The molecule has 1 saturated heterocycles. The molecular formula is C19H30N2. The molecular weight excluding hydrogens is 256 g/mol. The van der Waals surface area contributed by atoms with Gasteiger partial charge in [0.2, 0.25) is 0 Å². The maximum absolute atomic E-state index is 3.83. The zero-order chi connectivity index (χ0) is 14.9. The molecule has 1 heterocycles. The lowest BCUT2D eigenvalue weighted by Gasteiger charge is -2.39. The van der Waals surface area contributed by atoms with Crippen molar-refractivity contribution in [2.45, 2.75) is 58.0 Å². The van der Waals surface area contributed by atoms with Crippen molar-refractivity contribution < 1.29 is 0 Å². The van der Waals surface area contributed by atoms with Crippen molar-refractivity contribution in [2.24, 2.45) is 5.41 Å². The second-order valence-corrected chi connectivity index (χ2v) is 8.17. The Bertz CT molecular complexity index is 444. The number of likely N-dealkylation sites (tertiary alicyclic amines) is 1. The molecule has 21 heavy (non-hydrogen) atoms. The summed E-state index contributed by atoms with van der Waals surface area (Å²) >= 11 is 0. The summed E-state index contributed by atoms with van der Waals surface area (Å²) in [6.45, 7) is 10.5. The second-order valence-electron chi connectivity index (χ2n) is 8.17. The Morgan fingerprint density at radius 2 is 1.81 bits per heavy atom. The molecule has 3 rings (SSSR count). The van der Waals surface area contributed by atoms with Gasteiger partial charge in [0.25, 0.3) is 0 Å². The summed E-state index contributed by atoms with van der Waals surface area (Å²) in [7, 11) is 0. The van der Waals surface area contributed by atoms with E-state index in [0.717, 1.165) is 12.6 Å². The van der Waals surface area contributed by atoms with Crippen LogP contribution >= 0.6 is 0 Å². The van der Waals surface area contributed by atoms with Gasteiger partial charge in [-0.25, -0.2) is 0 Å². The molecule has 2 heteroatoms. The Kier molecular flexibility index (Phi) is 4.37. The van der Waals surface area contributed by atoms with Gasteiger partial charge < -0.3 is 5.32 Å². The topological polar surface area (TPSA) is 15.3 Å². The smallest absolute Gasteiger partial charge is 0.0201 e. The molecule has 0 aromatic heterocycles. The lowest BCUT2D eigenvalue weighted by atomic mass is 9.87. The van der Waals surface area contributed by atoms with Crippen LogP contribution in [0.1, 0.15) is 51.5 Å². The van der Waals surface area contributed by atoms with Crippen LogP contribution in [0.2, 0.25) is 0 Å². The van der Waals surface area contributed by atoms with Crippen LogP contribution in [0, 0.1) is 5.41 Å². The molecule has 0 spiro atoms. The number of hydrogen-bond acceptors (Lipinski definition) is 2. The number of piperidine rings is 1. The van der Waals surface area contributed by atoms with Crippen molar-refractivity contribution in [1.82, 2.24) is 10.2 Å². The van der Waals surface area contributed by atoms with E-state index in [-0.39, 0.29) is 0 Å². The molecule has 2 unspecified atom stereocenters. The van der Waals surface area contributed by atoms with E-state index in [9.17, 15) is 0 Å². The Morgan fingerprint density at radius 1 is 1.10 bits per heavy atom. The van der Waals surface area contributed by atoms with Crippen LogP contribution in [0.3, 0.4) is 0 Å². The van der Waals surface area contributed by atoms with E-state index in [2.05, 4.69) is 61.3 Å². The third-order valence-corrected chi connectivity index (χ3v) is 4.73. The van der Waals surface area contributed by atoms with E-state index in [1.807, 2.05) is 0 Å². The van der Waals surface area contributed by atoms with Crippen LogP contribution in [-0.2, 0) is 0 Å². The predicted molar refractivity (Wildman–Crippen MR) is 89.6 cm³/mol. The maximum Gasteiger partial charge on any atom is 0.0201 e. The number of hydrogen-bond donors (Lipinski definition) is 1. The molecule has 2 fully saturated rings. The highest BCUT2D eigenvalue weighted by Crippen LogP contribution is 2.34. The van der Waals surface area contributed by atoms with Gasteiger partial charge in [0, 0.05) is 31.7 Å². The molecule has 0 radical (unpaired) electrons. The first kappa shape index (κ1) is 15.1. The van der Waals surface area contributed by atoms with Crippen LogP contribution in [0.4, 0.5) is 0 Å². The van der Waals surface area contributed by atoms with Crippen molar-refractivity contribution in [1.29, 1.82) is 0 Å². The highest BCUT2D eigenvalue weighted by Gasteiger charge is 2.36. The number of rotatable bonds is 4. The van der Waals surface area contributed by atoms with Gasteiger partial charge in [-0.1, -0.05) is 51.1 Å². The van der Waals surface area contributed by atoms with Gasteiger partial charge in [-0.15, -0.1) is 0 Å². The van der Waals surface area contributed by atoms with Crippen LogP contribution in [0.25, 0.3) is 0 Å². The molecule has 2 aliphatic rings. The summed E-state index contributed by atoms with van der Waals surface area (Å²) in [5, 5.41) is 3.83. The summed E-state index contributed by atoms with van der Waals surface area (Å²) in [6.07, 6.45) is 4.10. The average Bonchev–Trinajstić information content (AvgIpc) is 3.30. The quantitative estimate of drug-likeness (QED) is 0.909. The maximum atomic E-state index is 3.83. The minimum absolute atomic E-state index is 0.365. The molecule has 116 valence electrons. The molecule has 2 atom stereocenters. The van der Waals surface area contributed by atoms with Crippen molar-refractivity contribution in [3.63, 3.8) is 0 Å². The largest absolute Gasteiger partial charge is 0.312 e. The minimum atomic E-state index is 0.365. The predicted octanol–water partition coefficient (Wildman–Crippen LogP) is 3.64. The van der Waals surface area contributed by atoms with Gasteiger partial charge in [-0.2, -0.15) is 0 Å². The molecule has 0 bridgehead atoms. The third-order valence-electron chi connectivity index (χ3n) is 4.73. The lowest BCUT2D eigenvalue weighted by molar-refractivity contribution is 0.156. The Balaban J connectivity index is 1.66. The lowest BCUT2D eigenvalue weighted by Crippen LogP contribution is -2.50. The Labute approximate surface area is 129 Å². The van der Waals surface area contributed by atoms with Crippen LogP contribution in [0.15, 0.2) is 30.3 Å². The SMILES string of the molecule is CC(C)(C)CNC1CC(c2ccccc2)CN(C2CC2)C1. The molecule has 1 aromatic carbocycles. The fraction of sp³-hybridized carbons (Fsp3) is 0.684. The van der Waals surface area contributed by atoms with Crippen LogP contribution < -0.4 is 5.32 Å². The highest BCUT2D eigenvalue weighted by atomic mass is 15.2. The van der Waals surface area contributed by atoms with E-state index in [1.54, 1.807) is 0 Å². The second kappa shape index (κ2) is 6.10. The molecule has 1 aliphatic heterocycles. The van der Waals surface area contributed by atoms with Crippen LogP contribution in [0.5, 0.6) is 0 Å². The van der Waals surface area contributed by atoms with Gasteiger partial charge in [-0.05, 0) is 36.2 Å². The summed E-state index contributed by atoms with van der Waals surface area (Å²) in [5.74, 6) is 0.693. The third kappa shape index (κ3) is 4.31. The normalized spacial score (nSPS) is 27.8. The van der Waals surface area contributed by atoms with E-state index >= 15 is 0 Å². The summed E-state index contributed by atoms with van der Waals surface area (Å²) in [6, 6.07) is 12.6. The van der Waals surface area contributed by atoms with E-state index in [1.165, 1.54) is 37.9 Å². The average molecular weight is 286 g/mol. The zero-order valence-corrected chi connectivity index (χ0v) is 13.8. The summed E-state index contributed by atoms with van der Waals surface area (Å²) < 4.78 is 0. The Hall–Kier alpha value is -0.860. The fourth-order valence-corrected chi connectivity index (χ4v) is 3.44. The van der Waals surface area contributed by atoms with Crippen molar-refractivity contribution in [2.75, 3.05) is 19.6 Å². The number of benzene rings is 1. The van der Waals surface area contributed by atoms with Crippen molar-refractivity contribution >= 4 is 0 Å². The first-order valence-electron chi connectivity index (χ1n) is 8.54. The summed E-state index contributed by atoms with van der Waals surface area (Å²) in [4.78, 5) is 2.74. The zero-order valence-electron chi connectivity index (χ0n) is 13.8.